The lowest BCUT2D eigenvalue weighted by molar-refractivity contribution is -0.178. The van der Waals surface area contributed by atoms with Crippen LogP contribution in [0, 0.1) is 39.9 Å². The minimum absolute atomic E-state index is 0.0110. The number of allylic oxidation sites excluding steroid dienone is 3. The number of benzene rings is 4. The van der Waals surface area contributed by atoms with Crippen molar-refractivity contribution in [3.63, 3.8) is 0 Å². The molecule has 4 aromatic carbocycles. The molecule has 7 N–H and O–H groups in total. The van der Waals surface area contributed by atoms with Gasteiger partial charge >= 0.3 is 0 Å². The van der Waals surface area contributed by atoms with Crippen molar-refractivity contribution in [3.05, 3.63) is 113 Å². The summed E-state index contributed by atoms with van der Waals surface area (Å²) in [5.41, 5.74) is 4.83. The predicted octanol–water partition coefficient (Wildman–Crippen LogP) is 8.59. The third-order valence-electron chi connectivity index (χ3n) is 15.7. The predicted molar refractivity (Wildman–Crippen MR) is 232 cm³/mol. The second-order valence-corrected chi connectivity index (χ2v) is 18.1. The van der Waals surface area contributed by atoms with Crippen LogP contribution in [0.1, 0.15) is 72.8 Å². The molecule has 6 aliphatic rings. The fourth-order valence-corrected chi connectivity index (χ4v) is 13.3. The van der Waals surface area contributed by atoms with E-state index in [2.05, 4.69) is 60.1 Å². The highest BCUT2D eigenvalue weighted by Gasteiger charge is 2.75. The summed E-state index contributed by atoms with van der Waals surface area (Å²) in [6, 6.07) is 18.0. The first-order valence-electron chi connectivity index (χ1n) is 21.4. The molecule has 0 saturated heterocycles. The van der Waals surface area contributed by atoms with E-state index in [0.29, 0.717) is 65.9 Å². The quantitative estimate of drug-likeness (QED) is 0.0482. The van der Waals surface area contributed by atoms with Gasteiger partial charge in [0.05, 0.1) is 17.2 Å². The minimum atomic E-state index is -0.526. The van der Waals surface area contributed by atoms with Crippen molar-refractivity contribution < 1.29 is 30.6 Å². The van der Waals surface area contributed by atoms with Crippen LogP contribution >= 0.6 is 0 Å². The number of aromatic hydroxyl groups is 5. The highest BCUT2D eigenvalue weighted by Crippen LogP contribution is 2.77. The first kappa shape index (κ1) is 37.9. The van der Waals surface area contributed by atoms with Crippen molar-refractivity contribution >= 4 is 34.9 Å². The maximum Gasteiger partial charge on any atom is 0.169 e. The molecular formula is C50H53N3O6. The highest BCUT2D eigenvalue weighted by molar-refractivity contribution is 6.34. The van der Waals surface area contributed by atoms with Crippen LogP contribution in [0.4, 0.5) is 0 Å². The van der Waals surface area contributed by atoms with Crippen LogP contribution in [0.15, 0.2) is 95.0 Å². The van der Waals surface area contributed by atoms with E-state index in [1.807, 2.05) is 0 Å². The summed E-state index contributed by atoms with van der Waals surface area (Å²) in [7, 11) is 0. The maximum atomic E-state index is 12.2. The monoisotopic (exact) mass is 791 g/mol. The first-order chi connectivity index (χ1) is 28.7. The number of phenols is 5. The fourth-order valence-electron chi connectivity index (χ4n) is 13.3. The molecule has 3 fully saturated rings. The van der Waals surface area contributed by atoms with E-state index in [9.17, 15) is 30.6 Å². The number of nitrogens with zero attached hydrogens (tertiary/aromatic N) is 2. The van der Waals surface area contributed by atoms with Gasteiger partial charge in [-0.15, -0.1) is 0 Å². The molecule has 10 rings (SSSR count). The van der Waals surface area contributed by atoms with Gasteiger partial charge in [0, 0.05) is 36.2 Å². The Morgan fingerprint density at radius 3 is 2.24 bits per heavy atom. The van der Waals surface area contributed by atoms with Crippen molar-refractivity contribution in [2.45, 2.75) is 70.4 Å². The van der Waals surface area contributed by atoms with Crippen LogP contribution in [-0.2, 0) is 19.4 Å². The van der Waals surface area contributed by atoms with E-state index >= 15 is 0 Å². The molecule has 0 unspecified atom stereocenters. The third kappa shape index (κ3) is 5.71. The fraction of sp³-hybridized carbons (Fsp3) is 0.400. The zero-order valence-electron chi connectivity index (χ0n) is 33.3. The number of fused-ring (bicyclic) bond motifs is 3. The lowest BCUT2D eigenvalue weighted by Gasteiger charge is -2.70. The number of nitrogens with one attached hydrogen (secondary N) is 1. The van der Waals surface area contributed by atoms with Gasteiger partial charge in [-0.1, -0.05) is 91.8 Å². The Hall–Kier alpha value is -5.38. The van der Waals surface area contributed by atoms with Crippen LogP contribution < -0.4 is 5.32 Å². The molecule has 1 aliphatic heterocycles. The summed E-state index contributed by atoms with van der Waals surface area (Å²) in [6.45, 7) is 1.88. The molecule has 7 atom stereocenters. The topological polar surface area (TPSA) is 158 Å². The van der Waals surface area contributed by atoms with Gasteiger partial charge in [0.15, 0.2) is 23.0 Å². The Morgan fingerprint density at radius 2 is 1.49 bits per heavy atom. The van der Waals surface area contributed by atoms with Crippen molar-refractivity contribution in [2.75, 3.05) is 13.2 Å². The number of phenolic OH excluding ortho intramolecular Hbond substituents is 5. The van der Waals surface area contributed by atoms with Gasteiger partial charge in [-0.25, -0.2) is 0 Å². The molecule has 2 spiro atoms. The first-order valence-corrected chi connectivity index (χ1v) is 21.4. The number of hydrogen-bond donors (Lipinski definition) is 7. The summed E-state index contributed by atoms with van der Waals surface area (Å²) < 4.78 is 0. The number of aliphatic hydroxyl groups excluding tert-OH is 1. The molecule has 0 amide bonds. The SMILES string of the molecule is Oc1ccc(C=Cc2c(CCc3ccc(CNC[C@]4(C5=NCN=C5)[C@H]5[C@@H](O)C=C[C@H]6CC[C@@H]7C=C[C@H](C[C@]765)C45CCCC5)cc3)c(O)c(O)c3c(O)cccc23)cc1O. The maximum absolute atomic E-state index is 12.2. The lowest BCUT2D eigenvalue weighted by atomic mass is 9.34. The van der Waals surface area contributed by atoms with Gasteiger partial charge in [-0.2, -0.15) is 0 Å². The molecule has 59 heavy (non-hydrogen) atoms. The number of aryl methyl sites for hydroxylation is 1. The molecule has 304 valence electrons. The molecule has 9 nitrogen and oxygen atoms in total. The molecule has 4 aromatic rings. The molecule has 5 aliphatic carbocycles. The van der Waals surface area contributed by atoms with Crippen LogP contribution in [0.3, 0.4) is 0 Å². The number of hydrogen-bond acceptors (Lipinski definition) is 9. The summed E-state index contributed by atoms with van der Waals surface area (Å²) in [5, 5.41) is 69.9. The van der Waals surface area contributed by atoms with Gasteiger partial charge < -0.3 is 36.0 Å². The molecule has 0 aromatic heterocycles. The Balaban J connectivity index is 0.917. The van der Waals surface area contributed by atoms with Gasteiger partial charge in [0.2, 0.25) is 0 Å². The van der Waals surface area contributed by atoms with E-state index < -0.39 is 6.10 Å². The summed E-state index contributed by atoms with van der Waals surface area (Å²) in [4.78, 5) is 9.84. The zero-order valence-corrected chi connectivity index (χ0v) is 33.3. The molecule has 9 heteroatoms. The van der Waals surface area contributed by atoms with Crippen molar-refractivity contribution in [2.24, 2.45) is 49.9 Å². The summed E-state index contributed by atoms with van der Waals surface area (Å²) >= 11 is 0. The Kier molecular flexibility index (Phi) is 9.25. The smallest absolute Gasteiger partial charge is 0.169 e. The van der Waals surface area contributed by atoms with E-state index in [0.717, 1.165) is 36.2 Å². The summed E-state index contributed by atoms with van der Waals surface area (Å²) in [5.74, 6) is 0.230. The van der Waals surface area contributed by atoms with Crippen LogP contribution in [0.25, 0.3) is 22.9 Å². The zero-order chi connectivity index (χ0) is 40.5. The van der Waals surface area contributed by atoms with Crippen LogP contribution in [-0.4, -0.2) is 61.9 Å². The minimum Gasteiger partial charge on any atom is -0.507 e. The molecule has 1 heterocycles. The van der Waals surface area contributed by atoms with Gasteiger partial charge in [-0.3, -0.25) is 9.98 Å². The Labute approximate surface area is 344 Å². The van der Waals surface area contributed by atoms with Crippen LogP contribution in [0.5, 0.6) is 28.7 Å². The van der Waals surface area contributed by atoms with E-state index in [-0.39, 0.29) is 56.3 Å². The van der Waals surface area contributed by atoms with Crippen LogP contribution in [0.2, 0.25) is 0 Å². The average Bonchev–Trinajstić information content (AvgIpc) is 4.03. The lowest BCUT2D eigenvalue weighted by Crippen LogP contribution is -2.71. The van der Waals surface area contributed by atoms with Gasteiger partial charge in [0.1, 0.15) is 12.4 Å². The molecular weight excluding hydrogens is 739 g/mol. The van der Waals surface area contributed by atoms with E-state index in [1.54, 1.807) is 30.4 Å². The van der Waals surface area contributed by atoms with Crippen molar-refractivity contribution in [3.8, 4) is 28.7 Å². The Bertz CT molecular complexity index is 2460. The van der Waals surface area contributed by atoms with Crippen molar-refractivity contribution in [1.29, 1.82) is 0 Å². The molecule has 0 radical (unpaired) electrons. The molecule has 2 bridgehead atoms. The molecule has 3 saturated carbocycles. The number of aliphatic imine (C=N–C) groups is 2. The van der Waals surface area contributed by atoms with E-state index in [1.165, 1.54) is 50.3 Å². The number of aliphatic hydroxyl groups is 1. The normalized spacial score (nSPS) is 29.8. The number of rotatable bonds is 10. The van der Waals surface area contributed by atoms with Gasteiger partial charge in [-0.05, 0) is 119 Å². The Morgan fingerprint density at radius 1 is 0.746 bits per heavy atom. The second-order valence-electron chi connectivity index (χ2n) is 18.1. The summed E-state index contributed by atoms with van der Waals surface area (Å²) in [6.07, 6.45) is 23.9. The average molecular weight is 792 g/mol. The second kappa shape index (κ2) is 14.4. The standard InChI is InChI=1S/C50H53N3O6/c54-39-20-12-31(24-42(39)57)11-18-36-37-4-3-5-40(55)44(37)46(59)45(58)38(36)19-10-30-6-8-32(9-7-30)26-51-28-50(43-27-52-29-53-43)47-41(56)21-17-34-14-13-33-15-16-35(25-49(33,34)47)48(50)22-1-2-23-48/h3-9,11-12,15-18,20-21,24,27,33-35,41,47,51,54-59H,1-2,10,13-14,19,22-23,25-26,28-29H2/t33-,34-,35-,41+,47+,49+,50+/m1/s1. The highest BCUT2D eigenvalue weighted by atomic mass is 16.3. The van der Waals surface area contributed by atoms with E-state index in [4.69, 9.17) is 9.98 Å². The van der Waals surface area contributed by atoms with Gasteiger partial charge in [0.25, 0.3) is 0 Å². The van der Waals surface area contributed by atoms with Crippen molar-refractivity contribution in [1.82, 2.24) is 5.32 Å². The largest absolute Gasteiger partial charge is 0.507 e. The third-order valence-corrected chi connectivity index (χ3v) is 15.7.